The highest BCUT2D eigenvalue weighted by Crippen LogP contribution is 2.32. The number of hydrogen-bond acceptors (Lipinski definition) is 10. The zero-order chi connectivity index (χ0) is 19.9. The van der Waals surface area contributed by atoms with Crippen molar-refractivity contribution in [3.05, 3.63) is 0 Å². The molecule has 1 aliphatic carbocycles. The molecule has 6 unspecified atom stereocenters. The maximum absolute atomic E-state index is 12.5. The Morgan fingerprint density at radius 3 is 2.04 bits per heavy atom. The van der Waals surface area contributed by atoms with Crippen LogP contribution >= 0.6 is 0 Å². The lowest BCUT2D eigenvalue weighted by atomic mass is 9.79. The minimum absolute atomic E-state index is 0.0275. The fourth-order valence-corrected chi connectivity index (χ4v) is 3.51. The van der Waals surface area contributed by atoms with Gasteiger partial charge in [0.2, 0.25) is 0 Å². The first-order chi connectivity index (χ1) is 13.6. The van der Waals surface area contributed by atoms with Crippen LogP contribution in [0.15, 0.2) is 0 Å². The van der Waals surface area contributed by atoms with Crippen molar-refractivity contribution in [1.29, 1.82) is 0 Å². The second kappa shape index (κ2) is 10.5. The van der Waals surface area contributed by atoms with E-state index in [0.717, 1.165) is 12.8 Å². The molecule has 0 bridgehead atoms. The van der Waals surface area contributed by atoms with Gasteiger partial charge in [-0.1, -0.05) is 12.8 Å². The summed E-state index contributed by atoms with van der Waals surface area (Å²) in [4.78, 5) is 25.0. The summed E-state index contributed by atoms with van der Waals surface area (Å²) in [6.45, 7) is 0.722. The Hall–Kier alpha value is -1.30. The molecule has 0 aromatic carbocycles. The van der Waals surface area contributed by atoms with Crippen LogP contribution in [0.2, 0.25) is 0 Å². The number of rotatable bonds is 8. The van der Waals surface area contributed by atoms with Gasteiger partial charge in [-0.15, -0.1) is 0 Å². The number of hydrogen-bond donors (Lipinski definition) is 1. The fraction of sp³-hybridized carbons (Fsp3) is 0.889. The smallest absolute Gasteiger partial charge is 0.309 e. The molecule has 2 aliphatic heterocycles. The van der Waals surface area contributed by atoms with Crippen molar-refractivity contribution in [3.63, 3.8) is 0 Å². The van der Waals surface area contributed by atoms with Crippen molar-refractivity contribution in [2.24, 2.45) is 11.8 Å². The molecule has 0 aromatic rings. The van der Waals surface area contributed by atoms with Crippen LogP contribution in [-0.2, 0) is 42.7 Å². The lowest BCUT2D eigenvalue weighted by molar-refractivity contribution is -0.237. The molecular weight excluding hydrogens is 376 g/mol. The van der Waals surface area contributed by atoms with Gasteiger partial charge in [0.15, 0.2) is 0 Å². The van der Waals surface area contributed by atoms with Gasteiger partial charge in [0.25, 0.3) is 13.0 Å². The second-order valence-corrected chi connectivity index (χ2v) is 6.99. The first-order valence-electron chi connectivity index (χ1n) is 9.74. The maximum atomic E-state index is 12.5. The largest absolute Gasteiger partial charge is 0.463 e. The van der Waals surface area contributed by atoms with Gasteiger partial charge in [-0.2, -0.15) is 0 Å². The first-order valence-corrected chi connectivity index (χ1v) is 9.74. The highest BCUT2D eigenvalue weighted by molar-refractivity contribution is 5.82. The van der Waals surface area contributed by atoms with Crippen molar-refractivity contribution in [2.45, 2.75) is 57.8 Å². The molecule has 10 nitrogen and oxygen atoms in total. The number of esters is 2. The van der Waals surface area contributed by atoms with Crippen molar-refractivity contribution < 1.29 is 47.9 Å². The summed E-state index contributed by atoms with van der Waals surface area (Å²) in [5.74, 6) is -1.98. The van der Waals surface area contributed by atoms with Crippen LogP contribution in [0, 0.1) is 11.8 Å². The van der Waals surface area contributed by atoms with Gasteiger partial charge in [0.1, 0.15) is 25.4 Å². The van der Waals surface area contributed by atoms with E-state index in [1.165, 1.54) is 0 Å². The molecule has 3 fully saturated rings. The van der Waals surface area contributed by atoms with Crippen molar-refractivity contribution in [3.8, 4) is 0 Å². The SMILES string of the molecule is CCOC1OCC(COC(=O)C2CCCCC2C(=O)OCC2COC(O)O2)O1. The summed E-state index contributed by atoms with van der Waals surface area (Å²) in [5.41, 5.74) is 0. The summed E-state index contributed by atoms with van der Waals surface area (Å²) in [7, 11) is 0. The normalized spacial score (nSPS) is 35.6. The van der Waals surface area contributed by atoms with E-state index in [9.17, 15) is 9.59 Å². The predicted octanol–water partition coefficient (Wildman–Crippen LogP) is 0.306. The highest BCUT2D eigenvalue weighted by atomic mass is 16.9. The minimum Gasteiger partial charge on any atom is -0.463 e. The lowest BCUT2D eigenvalue weighted by Gasteiger charge is -2.28. The fourth-order valence-electron chi connectivity index (χ4n) is 3.51. The average Bonchev–Trinajstić information content (AvgIpc) is 3.33. The Labute approximate surface area is 163 Å². The number of aliphatic hydroxyl groups is 1. The van der Waals surface area contributed by atoms with E-state index in [-0.39, 0.29) is 32.5 Å². The molecule has 1 N–H and O–H groups in total. The lowest BCUT2D eigenvalue weighted by Crippen LogP contribution is -2.37. The predicted molar refractivity (Wildman–Crippen MR) is 90.4 cm³/mol. The summed E-state index contributed by atoms with van der Waals surface area (Å²) < 4.78 is 36.5. The molecule has 0 spiro atoms. The third-order valence-corrected chi connectivity index (χ3v) is 4.95. The zero-order valence-corrected chi connectivity index (χ0v) is 15.9. The molecule has 2 saturated heterocycles. The third kappa shape index (κ3) is 5.85. The van der Waals surface area contributed by atoms with Crippen LogP contribution in [0.4, 0.5) is 0 Å². The molecule has 0 aromatic heterocycles. The number of carbonyl (C=O) groups is 2. The second-order valence-electron chi connectivity index (χ2n) is 6.99. The van der Waals surface area contributed by atoms with Gasteiger partial charge in [0, 0.05) is 6.61 Å². The zero-order valence-electron chi connectivity index (χ0n) is 15.9. The monoisotopic (exact) mass is 404 g/mol. The van der Waals surface area contributed by atoms with E-state index >= 15 is 0 Å². The Morgan fingerprint density at radius 2 is 1.50 bits per heavy atom. The van der Waals surface area contributed by atoms with Gasteiger partial charge in [-0.05, 0) is 19.8 Å². The highest BCUT2D eigenvalue weighted by Gasteiger charge is 2.39. The van der Waals surface area contributed by atoms with Gasteiger partial charge >= 0.3 is 11.9 Å². The summed E-state index contributed by atoms with van der Waals surface area (Å²) >= 11 is 0. The molecule has 6 atom stereocenters. The van der Waals surface area contributed by atoms with Crippen molar-refractivity contribution in [2.75, 3.05) is 33.0 Å². The first kappa shape index (κ1) is 21.4. The van der Waals surface area contributed by atoms with Gasteiger partial charge in [0.05, 0.1) is 25.0 Å². The molecule has 28 heavy (non-hydrogen) atoms. The van der Waals surface area contributed by atoms with Crippen LogP contribution in [-0.4, -0.2) is 75.2 Å². The van der Waals surface area contributed by atoms with Gasteiger partial charge in [-0.25, -0.2) is 0 Å². The third-order valence-electron chi connectivity index (χ3n) is 4.95. The number of ether oxygens (including phenoxy) is 7. The van der Waals surface area contributed by atoms with E-state index in [1.807, 2.05) is 6.92 Å². The summed E-state index contributed by atoms with van der Waals surface area (Å²) in [6, 6.07) is 0. The van der Waals surface area contributed by atoms with Gasteiger partial charge in [-0.3, -0.25) is 9.59 Å². The van der Waals surface area contributed by atoms with Crippen LogP contribution in [0.3, 0.4) is 0 Å². The molecule has 3 aliphatic rings. The van der Waals surface area contributed by atoms with E-state index in [1.54, 1.807) is 0 Å². The molecule has 10 heteroatoms. The van der Waals surface area contributed by atoms with E-state index in [0.29, 0.717) is 19.4 Å². The quantitative estimate of drug-likeness (QED) is 0.566. The molecular formula is C18H28O10. The van der Waals surface area contributed by atoms with Crippen LogP contribution < -0.4 is 0 Å². The minimum atomic E-state index is -1.29. The molecule has 160 valence electrons. The Kier molecular flexibility index (Phi) is 8.00. The average molecular weight is 404 g/mol. The molecule has 2 heterocycles. The number of carbonyl (C=O) groups excluding carboxylic acids is 2. The molecule has 1 saturated carbocycles. The van der Waals surface area contributed by atoms with E-state index in [4.69, 9.17) is 38.3 Å². The Bertz CT molecular complexity index is 526. The summed E-state index contributed by atoms with van der Waals surface area (Å²) in [6.07, 6.45) is 1.94. The van der Waals surface area contributed by atoms with Crippen molar-refractivity contribution in [1.82, 2.24) is 0 Å². The molecule has 0 amide bonds. The van der Waals surface area contributed by atoms with E-state index in [2.05, 4.69) is 0 Å². The van der Waals surface area contributed by atoms with Crippen molar-refractivity contribution >= 4 is 11.9 Å². The number of aliphatic hydroxyl groups excluding tert-OH is 1. The Morgan fingerprint density at radius 1 is 0.929 bits per heavy atom. The maximum Gasteiger partial charge on any atom is 0.309 e. The molecule has 3 rings (SSSR count). The molecule has 0 radical (unpaired) electrons. The topological polar surface area (TPSA) is 119 Å². The standard InChI is InChI=1S/C18H28O10/c1-2-22-18-26-10-12(28-18)8-24-16(20)14-6-4-3-5-13(14)15(19)23-7-11-9-25-17(21)27-11/h11-14,17-18,21H,2-10H2,1H3. The Balaban J connectivity index is 1.44. The van der Waals surface area contributed by atoms with Gasteiger partial charge < -0.3 is 38.3 Å². The van der Waals surface area contributed by atoms with Crippen LogP contribution in [0.25, 0.3) is 0 Å². The van der Waals surface area contributed by atoms with Crippen LogP contribution in [0.5, 0.6) is 0 Å². The summed E-state index contributed by atoms with van der Waals surface area (Å²) in [5, 5.41) is 9.15. The van der Waals surface area contributed by atoms with Crippen LogP contribution in [0.1, 0.15) is 32.6 Å². The van der Waals surface area contributed by atoms with E-state index < -0.39 is 42.8 Å².